The van der Waals surface area contributed by atoms with E-state index in [1.165, 1.54) is 0 Å². The highest BCUT2D eigenvalue weighted by Gasteiger charge is 2.23. The van der Waals surface area contributed by atoms with E-state index in [1.807, 2.05) is 104 Å². The first kappa shape index (κ1) is 41.2. The first-order valence-electron chi connectivity index (χ1n) is 21.9. The summed E-state index contributed by atoms with van der Waals surface area (Å²) in [4.78, 5) is 11.2. The standard InChI is InChI=1S/C61H32N8/c1-37-23-38(34-62)13-18-49(37)43-14-19-52(61(32-43)69-57-12-8-6-10-51(57)54-31-42(16-21-59(54)69)45-25-40(36-64)27-48(29-45)67-4)55-33-46(65-2)17-22-60(55)68-56-11-7-5-9-50(56)53-30-41(15-20-58(53)68)44-24-39(35-63)26-47(28-44)66-3/h5-33H,1H3. The van der Waals surface area contributed by atoms with Crippen molar-refractivity contribution >= 4 is 60.7 Å². The quantitative estimate of drug-likeness (QED) is 0.156. The smallest absolute Gasteiger partial charge is 0.189 e. The Morgan fingerprint density at radius 1 is 0.362 bits per heavy atom. The normalized spacial score (nSPS) is 10.9. The van der Waals surface area contributed by atoms with Gasteiger partial charge in [0.05, 0.1) is 76.9 Å². The molecule has 316 valence electrons. The van der Waals surface area contributed by atoms with Crippen molar-refractivity contribution in [2.24, 2.45) is 0 Å². The number of para-hydroxylation sites is 2. The lowest BCUT2D eigenvalue weighted by Gasteiger charge is -2.20. The highest BCUT2D eigenvalue weighted by atomic mass is 15.0. The van der Waals surface area contributed by atoms with Crippen LogP contribution in [0.3, 0.4) is 0 Å². The maximum atomic E-state index is 9.84. The summed E-state index contributed by atoms with van der Waals surface area (Å²) in [5.74, 6) is 0. The lowest BCUT2D eigenvalue weighted by Crippen LogP contribution is -2.02. The molecule has 0 aliphatic rings. The zero-order chi connectivity index (χ0) is 47.3. The number of hydrogen-bond acceptors (Lipinski definition) is 3. The van der Waals surface area contributed by atoms with Crippen LogP contribution in [0.15, 0.2) is 176 Å². The van der Waals surface area contributed by atoms with Crippen molar-refractivity contribution < 1.29 is 0 Å². The van der Waals surface area contributed by atoms with E-state index >= 15 is 0 Å². The van der Waals surface area contributed by atoms with Gasteiger partial charge in [-0.25, -0.2) is 14.5 Å². The lowest BCUT2D eigenvalue weighted by atomic mass is 9.93. The van der Waals surface area contributed by atoms with Crippen LogP contribution in [-0.4, -0.2) is 9.13 Å². The highest BCUT2D eigenvalue weighted by molar-refractivity contribution is 6.13. The molecule has 11 aromatic rings. The van der Waals surface area contributed by atoms with E-state index in [-0.39, 0.29) is 0 Å². The van der Waals surface area contributed by atoms with Gasteiger partial charge >= 0.3 is 0 Å². The van der Waals surface area contributed by atoms with Crippen LogP contribution in [0.5, 0.6) is 0 Å². The summed E-state index contributed by atoms with van der Waals surface area (Å²) in [6.07, 6.45) is 0. The van der Waals surface area contributed by atoms with Crippen molar-refractivity contribution in [3.8, 4) is 74.1 Å². The van der Waals surface area contributed by atoms with E-state index in [9.17, 15) is 15.8 Å². The van der Waals surface area contributed by atoms with E-state index in [1.54, 1.807) is 12.1 Å². The number of aromatic nitrogens is 2. The largest absolute Gasteiger partial charge is 0.309 e. The second kappa shape index (κ2) is 16.5. The molecule has 0 unspecified atom stereocenters. The van der Waals surface area contributed by atoms with Crippen LogP contribution in [0, 0.1) is 60.6 Å². The predicted octanol–water partition coefficient (Wildman–Crippen LogP) is 16.1. The summed E-state index contributed by atoms with van der Waals surface area (Å²) in [5, 5.41) is 33.4. The topological polar surface area (TPSA) is 94.3 Å². The first-order chi connectivity index (χ1) is 33.8. The molecule has 8 nitrogen and oxygen atoms in total. The number of nitrogens with zero attached hydrogens (tertiary/aromatic N) is 8. The van der Waals surface area contributed by atoms with Crippen LogP contribution < -0.4 is 0 Å². The summed E-state index contributed by atoms with van der Waals surface area (Å²) in [7, 11) is 0. The number of benzene rings is 9. The van der Waals surface area contributed by atoms with Gasteiger partial charge in [-0.15, -0.1) is 0 Å². The summed E-state index contributed by atoms with van der Waals surface area (Å²) < 4.78 is 4.53. The van der Waals surface area contributed by atoms with Gasteiger partial charge in [0.1, 0.15) is 0 Å². The van der Waals surface area contributed by atoms with Crippen LogP contribution in [0.4, 0.5) is 17.1 Å². The van der Waals surface area contributed by atoms with E-state index in [0.29, 0.717) is 33.8 Å². The fourth-order valence-electron chi connectivity index (χ4n) is 9.81. The van der Waals surface area contributed by atoms with Gasteiger partial charge in [-0.1, -0.05) is 72.8 Å². The van der Waals surface area contributed by atoms with Crippen molar-refractivity contribution in [3.05, 3.63) is 232 Å². The third kappa shape index (κ3) is 6.88. The van der Waals surface area contributed by atoms with Gasteiger partial charge in [0.25, 0.3) is 0 Å². The Hall–Kier alpha value is -10.5. The molecule has 8 heteroatoms. The van der Waals surface area contributed by atoms with Gasteiger partial charge in [-0.2, -0.15) is 15.8 Å². The molecular weight excluding hydrogens is 845 g/mol. The first-order valence-corrected chi connectivity index (χ1v) is 21.9. The second-order valence-corrected chi connectivity index (χ2v) is 16.8. The van der Waals surface area contributed by atoms with E-state index in [2.05, 4.69) is 109 Å². The van der Waals surface area contributed by atoms with E-state index < -0.39 is 0 Å². The van der Waals surface area contributed by atoms with Gasteiger partial charge < -0.3 is 9.13 Å². The maximum Gasteiger partial charge on any atom is 0.189 e. The molecule has 0 atom stereocenters. The molecule has 0 fully saturated rings. The third-order valence-corrected chi connectivity index (χ3v) is 12.9. The molecule has 0 aliphatic carbocycles. The predicted molar refractivity (Wildman–Crippen MR) is 275 cm³/mol. The fourth-order valence-corrected chi connectivity index (χ4v) is 9.81. The molecular formula is C61H32N8. The van der Waals surface area contributed by atoms with Crippen LogP contribution in [0.2, 0.25) is 0 Å². The Balaban J connectivity index is 1.20. The summed E-state index contributed by atoms with van der Waals surface area (Å²) in [6.45, 7) is 25.7. The van der Waals surface area contributed by atoms with Gasteiger partial charge in [0.2, 0.25) is 0 Å². The molecule has 0 radical (unpaired) electrons. The van der Waals surface area contributed by atoms with Gasteiger partial charge in [0, 0.05) is 38.2 Å². The summed E-state index contributed by atoms with van der Waals surface area (Å²) in [6, 6.07) is 64.2. The van der Waals surface area contributed by atoms with E-state index in [4.69, 9.17) is 19.7 Å². The molecule has 2 heterocycles. The van der Waals surface area contributed by atoms with Crippen LogP contribution >= 0.6 is 0 Å². The average molecular weight is 877 g/mol. The minimum Gasteiger partial charge on any atom is -0.309 e. The molecule has 0 saturated heterocycles. The third-order valence-electron chi connectivity index (χ3n) is 12.9. The number of rotatable bonds is 6. The van der Waals surface area contributed by atoms with Crippen molar-refractivity contribution in [1.29, 1.82) is 15.8 Å². The minimum atomic E-state index is 0.396. The molecule has 0 saturated carbocycles. The van der Waals surface area contributed by atoms with Crippen LogP contribution in [0.25, 0.3) is 114 Å². The van der Waals surface area contributed by atoms with E-state index in [0.717, 1.165) is 105 Å². The van der Waals surface area contributed by atoms with Crippen molar-refractivity contribution in [2.75, 3.05) is 0 Å². The highest BCUT2D eigenvalue weighted by Crippen LogP contribution is 2.45. The second-order valence-electron chi connectivity index (χ2n) is 16.8. The molecule has 11 rings (SSSR count). The van der Waals surface area contributed by atoms with Crippen LogP contribution in [-0.2, 0) is 0 Å². The molecule has 2 aromatic heterocycles. The van der Waals surface area contributed by atoms with Crippen molar-refractivity contribution in [1.82, 2.24) is 9.13 Å². The summed E-state index contributed by atoms with van der Waals surface area (Å²) >= 11 is 0. The number of aryl methyl sites for hydroxylation is 1. The Labute approximate surface area is 397 Å². The Kier molecular flexibility index (Phi) is 9.86. The monoisotopic (exact) mass is 876 g/mol. The minimum absolute atomic E-state index is 0.396. The molecule has 9 aromatic carbocycles. The Morgan fingerprint density at radius 2 is 0.870 bits per heavy atom. The van der Waals surface area contributed by atoms with Gasteiger partial charge in [-0.3, -0.25) is 0 Å². The lowest BCUT2D eigenvalue weighted by molar-refractivity contribution is 1.16. The SMILES string of the molecule is [C-]#[N+]c1cc(C#N)cc(-c2ccc3c(c2)c2ccccc2n3-c2ccc([N+]#[C-])cc2-c2ccc(-c3ccc(C#N)cc3C)cc2-n2c3ccccc3c3cc(-c4cc(C#N)cc([N+]#[C-])c4)ccc32)c1. The van der Waals surface area contributed by atoms with Crippen molar-refractivity contribution in [3.63, 3.8) is 0 Å². The average Bonchev–Trinajstić information content (AvgIpc) is 3.92. The zero-order valence-corrected chi connectivity index (χ0v) is 36.8. The Morgan fingerprint density at radius 3 is 1.41 bits per heavy atom. The molecule has 69 heavy (non-hydrogen) atoms. The number of nitriles is 3. The molecule has 0 aliphatic heterocycles. The molecule has 0 bridgehead atoms. The molecule has 0 amide bonds. The number of hydrogen-bond donors (Lipinski definition) is 0. The summed E-state index contributed by atoms with van der Waals surface area (Å²) in [5.41, 5.74) is 16.2. The van der Waals surface area contributed by atoms with Crippen molar-refractivity contribution in [2.45, 2.75) is 6.92 Å². The molecule has 0 spiro atoms. The number of fused-ring (bicyclic) bond motifs is 6. The van der Waals surface area contributed by atoms with Gasteiger partial charge in [0.15, 0.2) is 17.1 Å². The Bertz CT molecular complexity index is 4230. The molecule has 0 N–H and O–H groups in total. The van der Waals surface area contributed by atoms with Gasteiger partial charge in [-0.05, 0) is 155 Å². The maximum absolute atomic E-state index is 9.84. The zero-order valence-electron chi connectivity index (χ0n) is 36.8. The fraction of sp³-hybridized carbons (Fsp3) is 0.0164. The van der Waals surface area contributed by atoms with Crippen LogP contribution in [0.1, 0.15) is 22.3 Å².